The van der Waals surface area contributed by atoms with Crippen LogP contribution >= 0.6 is 0 Å². The van der Waals surface area contributed by atoms with Gasteiger partial charge in [-0.25, -0.2) is 4.98 Å². The summed E-state index contributed by atoms with van der Waals surface area (Å²) in [7, 11) is 2.02. The van der Waals surface area contributed by atoms with E-state index in [0.717, 1.165) is 31.1 Å². The zero-order valence-electron chi connectivity index (χ0n) is 13.0. The second-order valence-electron chi connectivity index (χ2n) is 5.60. The molecule has 0 aliphatic carbocycles. The minimum atomic E-state index is 0.635. The molecule has 0 saturated carbocycles. The molecule has 1 N–H and O–H groups in total. The fraction of sp³-hybridized carbons (Fsp3) is 0.438. The van der Waals surface area contributed by atoms with Gasteiger partial charge in [-0.05, 0) is 30.2 Å². The first kappa shape index (κ1) is 15.4. The fourth-order valence-corrected chi connectivity index (χ4v) is 2.00. The van der Waals surface area contributed by atoms with E-state index in [2.05, 4.69) is 39.0 Å². The van der Waals surface area contributed by atoms with Gasteiger partial charge in [-0.1, -0.05) is 13.8 Å². The van der Waals surface area contributed by atoms with Crippen molar-refractivity contribution in [3.8, 4) is 0 Å². The first-order valence-electron chi connectivity index (χ1n) is 7.27. The van der Waals surface area contributed by atoms with E-state index in [1.165, 1.54) is 5.56 Å². The third-order valence-electron chi connectivity index (χ3n) is 3.09. The van der Waals surface area contributed by atoms with Crippen molar-refractivity contribution in [1.29, 1.82) is 0 Å². The monoisotopic (exact) mass is 285 g/mol. The summed E-state index contributed by atoms with van der Waals surface area (Å²) in [5.41, 5.74) is 2.17. The first-order valence-corrected chi connectivity index (χ1v) is 7.27. The third kappa shape index (κ3) is 5.11. The van der Waals surface area contributed by atoms with Crippen molar-refractivity contribution in [2.75, 3.05) is 18.5 Å². The molecule has 5 heteroatoms. The SMILES string of the molecule is CC(C)CNCc1cncc(N(C)Cc2ccncc2)n1. The lowest BCUT2D eigenvalue weighted by atomic mass is 10.2. The molecule has 0 unspecified atom stereocenters. The molecule has 0 saturated heterocycles. The minimum absolute atomic E-state index is 0.635. The van der Waals surface area contributed by atoms with Crippen LogP contribution in [0.25, 0.3) is 0 Å². The summed E-state index contributed by atoms with van der Waals surface area (Å²) < 4.78 is 0. The van der Waals surface area contributed by atoms with E-state index >= 15 is 0 Å². The Balaban J connectivity index is 1.96. The Morgan fingerprint density at radius 1 is 1.14 bits per heavy atom. The standard InChI is InChI=1S/C16H23N5/c1-13(2)8-18-9-15-10-19-11-16(20-15)21(3)12-14-4-6-17-7-5-14/h4-7,10-11,13,18H,8-9,12H2,1-3H3. The molecule has 0 radical (unpaired) electrons. The maximum Gasteiger partial charge on any atom is 0.147 e. The number of aromatic nitrogens is 3. The molecular formula is C16H23N5. The molecule has 2 aromatic rings. The highest BCUT2D eigenvalue weighted by Crippen LogP contribution is 2.11. The summed E-state index contributed by atoms with van der Waals surface area (Å²) in [6.07, 6.45) is 7.23. The Labute approximate surface area is 126 Å². The predicted octanol–water partition coefficient (Wildman–Crippen LogP) is 2.25. The van der Waals surface area contributed by atoms with Crippen molar-refractivity contribution >= 4 is 5.82 Å². The lowest BCUT2D eigenvalue weighted by Gasteiger charge is -2.18. The van der Waals surface area contributed by atoms with Gasteiger partial charge in [0.2, 0.25) is 0 Å². The Morgan fingerprint density at radius 2 is 1.90 bits per heavy atom. The van der Waals surface area contributed by atoms with Gasteiger partial charge in [0.15, 0.2) is 0 Å². The van der Waals surface area contributed by atoms with Crippen LogP contribution in [0.5, 0.6) is 0 Å². The van der Waals surface area contributed by atoms with E-state index in [0.29, 0.717) is 5.92 Å². The lowest BCUT2D eigenvalue weighted by molar-refractivity contribution is 0.547. The predicted molar refractivity (Wildman–Crippen MR) is 84.9 cm³/mol. The van der Waals surface area contributed by atoms with Crippen molar-refractivity contribution in [1.82, 2.24) is 20.3 Å². The summed E-state index contributed by atoms with van der Waals surface area (Å²) in [6, 6.07) is 4.02. The van der Waals surface area contributed by atoms with Crippen LogP contribution in [0.1, 0.15) is 25.1 Å². The Hall–Kier alpha value is -2.01. The van der Waals surface area contributed by atoms with E-state index in [1.54, 1.807) is 18.6 Å². The van der Waals surface area contributed by atoms with Gasteiger partial charge in [-0.3, -0.25) is 9.97 Å². The van der Waals surface area contributed by atoms with Crippen LogP contribution in [0.2, 0.25) is 0 Å². The quantitative estimate of drug-likeness (QED) is 0.845. The highest BCUT2D eigenvalue weighted by molar-refractivity contribution is 5.36. The summed E-state index contributed by atoms with van der Waals surface area (Å²) in [5, 5.41) is 3.39. The number of anilines is 1. The van der Waals surface area contributed by atoms with E-state index in [4.69, 9.17) is 0 Å². The molecular weight excluding hydrogens is 262 g/mol. The molecule has 2 rings (SSSR count). The maximum absolute atomic E-state index is 4.65. The topological polar surface area (TPSA) is 53.9 Å². The van der Waals surface area contributed by atoms with Gasteiger partial charge in [-0.15, -0.1) is 0 Å². The molecule has 2 aromatic heterocycles. The van der Waals surface area contributed by atoms with Crippen LogP contribution in [0.15, 0.2) is 36.9 Å². The van der Waals surface area contributed by atoms with Crippen LogP contribution < -0.4 is 10.2 Å². The maximum atomic E-state index is 4.65. The van der Waals surface area contributed by atoms with Gasteiger partial charge in [0.1, 0.15) is 5.82 Å². The average Bonchev–Trinajstić information content (AvgIpc) is 2.48. The van der Waals surface area contributed by atoms with Gasteiger partial charge < -0.3 is 10.2 Å². The molecule has 0 aliphatic rings. The molecule has 2 heterocycles. The Kier molecular flexibility index (Phi) is 5.63. The van der Waals surface area contributed by atoms with Crippen molar-refractivity contribution < 1.29 is 0 Å². The van der Waals surface area contributed by atoms with E-state index in [9.17, 15) is 0 Å². The van der Waals surface area contributed by atoms with Gasteiger partial charge in [-0.2, -0.15) is 0 Å². The largest absolute Gasteiger partial charge is 0.354 e. The number of nitrogens with zero attached hydrogens (tertiary/aromatic N) is 4. The average molecular weight is 285 g/mol. The molecule has 112 valence electrons. The van der Waals surface area contributed by atoms with Crippen molar-refractivity contribution in [2.45, 2.75) is 26.9 Å². The van der Waals surface area contributed by atoms with Gasteiger partial charge in [0, 0.05) is 38.7 Å². The molecule has 0 aromatic carbocycles. The van der Waals surface area contributed by atoms with Crippen LogP contribution in [0.3, 0.4) is 0 Å². The highest BCUT2D eigenvalue weighted by Gasteiger charge is 2.05. The van der Waals surface area contributed by atoms with E-state index in [1.807, 2.05) is 25.4 Å². The summed E-state index contributed by atoms with van der Waals surface area (Å²) in [5.74, 6) is 1.52. The Bertz CT molecular complexity index is 541. The lowest BCUT2D eigenvalue weighted by Crippen LogP contribution is -2.22. The highest BCUT2D eigenvalue weighted by atomic mass is 15.2. The zero-order chi connectivity index (χ0) is 15.1. The van der Waals surface area contributed by atoms with Crippen LogP contribution in [-0.4, -0.2) is 28.5 Å². The normalized spacial score (nSPS) is 10.9. The molecule has 0 atom stereocenters. The molecule has 0 spiro atoms. The van der Waals surface area contributed by atoms with Crippen LogP contribution in [0.4, 0.5) is 5.82 Å². The van der Waals surface area contributed by atoms with Crippen molar-refractivity contribution in [2.24, 2.45) is 5.92 Å². The second-order valence-corrected chi connectivity index (χ2v) is 5.60. The third-order valence-corrected chi connectivity index (χ3v) is 3.09. The number of hydrogen-bond acceptors (Lipinski definition) is 5. The number of nitrogens with one attached hydrogen (secondary N) is 1. The van der Waals surface area contributed by atoms with Crippen molar-refractivity contribution in [3.63, 3.8) is 0 Å². The smallest absolute Gasteiger partial charge is 0.147 e. The summed E-state index contributed by atoms with van der Waals surface area (Å²) in [4.78, 5) is 15.1. The molecule has 0 fully saturated rings. The summed E-state index contributed by atoms with van der Waals surface area (Å²) >= 11 is 0. The number of pyridine rings is 1. The zero-order valence-corrected chi connectivity index (χ0v) is 13.0. The molecule has 5 nitrogen and oxygen atoms in total. The first-order chi connectivity index (χ1) is 10.1. The summed E-state index contributed by atoms with van der Waals surface area (Å²) in [6.45, 7) is 6.91. The Morgan fingerprint density at radius 3 is 2.62 bits per heavy atom. The van der Waals surface area contributed by atoms with Gasteiger partial charge in [0.25, 0.3) is 0 Å². The van der Waals surface area contributed by atoms with E-state index < -0.39 is 0 Å². The minimum Gasteiger partial charge on any atom is -0.354 e. The molecule has 0 amide bonds. The molecule has 0 bridgehead atoms. The fourth-order valence-electron chi connectivity index (χ4n) is 2.00. The second kappa shape index (κ2) is 7.69. The van der Waals surface area contributed by atoms with Crippen LogP contribution in [0, 0.1) is 5.92 Å². The van der Waals surface area contributed by atoms with Gasteiger partial charge >= 0.3 is 0 Å². The van der Waals surface area contributed by atoms with Crippen LogP contribution in [-0.2, 0) is 13.1 Å². The molecule has 0 aliphatic heterocycles. The van der Waals surface area contributed by atoms with Crippen molar-refractivity contribution in [3.05, 3.63) is 48.2 Å². The molecule has 21 heavy (non-hydrogen) atoms. The van der Waals surface area contributed by atoms with E-state index in [-0.39, 0.29) is 0 Å². The number of hydrogen-bond donors (Lipinski definition) is 1. The van der Waals surface area contributed by atoms with Gasteiger partial charge in [0.05, 0.1) is 11.9 Å². The number of rotatable bonds is 7.